The molecule has 0 aromatic carbocycles. The fraction of sp³-hybridized carbons (Fsp3) is 0.805. The molecular weight excluding hydrogens is 725 g/mol. The van der Waals surface area contributed by atoms with Gasteiger partial charge < -0.3 is 38.2 Å². The molecule has 0 spiro atoms. The number of hydrogen-bond donors (Lipinski definition) is 0. The summed E-state index contributed by atoms with van der Waals surface area (Å²) in [6.07, 6.45) is 26.8. The molecule has 1 aliphatic carbocycles. The zero-order valence-electron chi connectivity index (χ0n) is 34.5. The van der Waals surface area contributed by atoms with E-state index < -0.39 is 38.4 Å². The summed E-state index contributed by atoms with van der Waals surface area (Å²) in [6, 6.07) is 0. The third-order valence-electron chi connectivity index (χ3n) is 9.27. The average Bonchev–Trinajstić information content (AvgIpc) is 3.62. The number of hydrogen-bond acceptors (Lipinski definition) is 10. The van der Waals surface area contributed by atoms with Gasteiger partial charge in [0, 0.05) is 18.9 Å². The molecule has 0 radical (unpaired) electrons. The lowest BCUT2D eigenvalue weighted by atomic mass is 10.0. The zero-order valence-corrected chi connectivity index (χ0v) is 35.4. The third-order valence-corrected chi connectivity index (χ3v) is 10.2. The molecule has 0 fully saturated rings. The molecule has 1 rings (SSSR count). The van der Waals surface area contributed by atoms with Gasteiger partial charge in [-0.3, -0.25) is 14.2 Å². The molecule has 0 aromatic heterocycles. The Morgan fingerprint density at radius 3 is 1.75 bits per heavy atom. The number of esters is 3. The number of unbranched alkanes of at least 4 members (excludes halogenated alkanes) is 19. The van der Waals surface area contributed by atoms with Gasteiger partial charge >= 0.3 is 23.6 Å². The molecule has 13 nitrogen and oxygen atoms in total. The molecule has 0 heterocycles. The van der Waals surface area contributed by atoms with E-state index in [1.54, 1.807) is 12.2 Å². The van der Waals surface area contributed by atoms with Crippen LogP contribution in [0, 0.1) is 0 Å². The van der Waals surface area contributed by atoms with Gasteiger partial charge in [-0.15, -0.1) is 0 Å². The van der Waals surface area contributed by atoms with Gasteiger partial charge in [0.2, 0.25) is 0 Å². The molecule has 0 amide bonds. The molecule has 0 saturated heterocycles. The number of phosphoric acid groups is 1. The number of phosphoric ester groups is 1. The van der Waals surface area contributed by atoms with Crippen LogP contribution in [-0.2, 0) is 42.2 Å². The highest BCUT2D eigenvalue weighted by molar-refractivity contribution is 7.45. The SMILES string of the molecule is CCCCCCCCCCCCCCCC(=O)OCC(COP(=O)([O-])OCC[N+](C)(C)C)OC(=O)CCCCCCCCCCOC(=O)C1=CC=CC1=[N+]=[N-]. The van der Waals surface area contributed by atoms with Crippen molar-refractivity contribution in [3.63, 3.8) is 0 Å². The van der Waals surface area contributed by atoms with Gasteiger partial charge in [-0.1, -0.05) is 129 Å². The second-order valence-corrected chi connectivity index (χ2v) is 16.9. The fourth-order valence-corrected chi connectivity index (χ4v) is 6.62. The Labute approximate surface area is 331 Å². The number of likely N-dealkylation sites (N-methyl/N-ethyl adjacent to an activating group) is 1. The van der Waals surface area contributed by atoms with Crippen molar-refractivity contribution in [2.45, 2.75) is 161 Å². The van der Waals surface area contributed by atoms with Gasteiger partial charge in [-0.2, -0.15) is 4.79 Å². The molecule has 14 heteroatoms. The summed E-state index contributed by atoms with van der Waals surface area (Å²) in [5.41, 5.74) is 9.36. The van der Waals surface area contributed by atoms with Gasteiger partial charge in [0.15, 0.2) is 6.10 Å². The van der Waals surface area contributed by atoms with E-state index in [1.807, 2.05) is 21.1 Å². The monoisotopic (exact) mass is 797 g/mol. The van der Waals surface area contributed by atoms with Gasteiger partial charge in [-0.25, -0.2) is 4.79 Å². The van der Waals surface area contributed by atoms with E-state index in [2.05, 4.69) is 11.7 Å². The summed E-state index contributed by atoms with van der Waals surface area (Å²) >= 11 is 0. The lowest BCUT2D eigenvalue weighted by molar-refractivity contribution is -0.870. The van der Waals surface area contributed by atoms with Crippen LogP contribution in [0.15, 0.2) is 23.8 Å². The molecule has 0 aromatic rings. The maximum Gasteiger partial charge on any atom is 0.346 e. The molecule has 2 unspecified atom stereocenters. The van der Waals surface area contributed by atoms with Crippen LogP contribution in [0.25, 0.3) is 5.53 Å². The minimum atomic E-state index is -4.66. The molecule has 0 N–H and O–H groups in total. The molecular formula is C41H72N3O10P. The Hall–Kier alpha value is -2.66. The standard InChI is InChI=1S/C41H72N3O10P/c1-5-6-7-8-9-10-11-12-13-14-17-20-23-29-39(45)51-34-36(35-53-55(48,49)52-33-31-44(2,3)4)54-40(46)30-24-21-18-15-16-19-22-25-32-50-41(47)37-27-26-28-38(37)43-42/h26-28,36H,5-25,29-35H2,1-4H3. The van der Waals surface area contributed by atoms with Crippen molar-refractivity contribution in [1.29, 1.82) is 0 Å². The zero-order chi connectivity index (χ0) is 40.6. The highest BCUT2D eigenvalue weighted by atomic mass is 31.2. The van der Waals surface area contributed by atoms with Gasteiger partial charge in [0.1, 0.15) is 25.3 Å². The fourth-order valence-electron chi connectivity index (χ4n) is 5.89. The van der Waals surface area contributed by atoms with E-state index in [9.17, 15) is 23.8 Å². The number of rotatable bonds is 36. The first kappa shape index (κ1) is 50.4. The van der Waals surface area contributed by atoms with Crippen molar-refractivity contribution in [3.8, 4) is 0 Å². The number of ether oxygens (including phenoxy) is 3. The smallest absolute Gasteiger partial charge is 0.346 e. The van der Waals surface area contributed by atoms with Gasteiger partial charge in [0.25, 0.3) is 7.82 Å². The van der Waals surface area contributed by atoms with E-state index in [0.29, 0.717) is 30.5 Å². The lowest BCUT2D eigenvalue weighted by Gasteiger charge is -2.28. The predicted octanol–water partition coefficient (Wildman–Crippen LogP) is 8.35. The summed E-state index contributed by atoms with van der Waals surface area (Å²) in [5, 5.41) is 0. The van der Waals surface area contributed by atoms with Crippen LogP contribution in [0.2, 0.25) is 0 Å². The molecule has 1 aliphatic rings. The Balaban J connectivity index is 2.29. The van der Waals surface area contributed by atoms with Crippen LogP contribution in [-0.4, -0.2) is 93.1 Å². The van der Waals surface area contributed by atoms with Crippen molar-refractivity contribution in [1.82, 2.24) is 0 Å². The first-order chi connectivity index (χ1) is 26.4. The van der Waals surface area contributed by atoms with Crippen molar-refractivity contribution < 1.29 is 56.4 Å². The van der Waals surface area contributed by atoms with E-state index >= 15 is 0 Å². The van der Waals surface area contributed by atoms with E-state index in [4.69, 9.17) is 28.8 Å². The minimum Gasteiger partial charge on any atom is -0.756 e. The maximum absolute atomic E-state index is 12.7. The van der Waals surface area contributed by atoms with Crippen molar-refractivity contribution in [3.05, 3.63) is 29.3 Å². The Morgan fingerprint density at radius 2 is 1.22 bits per heavy atom. The van der Waals surface area contributed by atoms with Crippen molar-refractivity contribution in [2.75, 3.05) is 54.1 Å². The summed E-state index contributed by atoms with van der Waals surface area (Å²) in [4.78, 5) is 52.6. The summed E-state index contributed by atoms with van der Waals surface area (Å²) in [7, 11) is 1.07. The van der Waals surface area contributed by atoms with Crippen LogP contribution in [0.3, 0.4) is 0 Å². The van der Waals surface area contributed by atoms with Crippen LogP contribution in [0.1, 0.15) is 155 Å². The second-order valence-electron chi connectivity index (χ2n) is 15.5. The molecule has 2 atom stereocenters. The normalized spacial score (nSPS) is 14.3. The van der Waals surface area contributed by atoms with E-state index in [1.165, 1.54) is 63.9 Å². The largest absolute Gasteiger partial charge is 0.756 e. The molecule has 0 aliphatic heterocycles. The Morgan fingerprint density at radius 1 is 0.709 bits per heavy atom. The summed E-state index contributed by atoms with van der Waals surface area (Å²) in [5.74, 6) is -1.42. The summed E-state index contributed by atoms with van der Waals surface area (Å²) < 4.78 is 39.0. The predicted molar refractivity (Wildman–Crippen MR) is 212 cm³/mol. The first-order valence-electron chi connectivity index (χ1n) is 20.9. The number of carbonyl (C=O) groups excluding carboxylic acids is 3. The van der Waals surface area contributed by atoms with Crippen LogP contribution < -0.4 is 4.89 Å². The maximum atomic E-state index is 12.7. The van der Waals surface area contributed by atoms with E-state index in [-0.39, 0.29) is 37.3 Å². The Kier molecular flexibility index (Phi) is 28.8. The minimum absolute atomic E-state index is 0.0577. The number of allylic oxidation sites excluding steroid dienone is 3. The average molecular weight is 798 g/mol. The number of carbonyl (C=O) groups is 3. The van der Waals surface area contributed by atoms with Gasteiger partial charge in [-0.05, 0) is 25.3 Å². The molecule has 0 bridgehead atoms. The number of nitrogens with zero attached hydrogens (tertiary/aromatic N) is 3. The van der Waals surface area contributed by atoms with Gasteiger partial charge in [0.05, 0.1) is 34.4 Å². The summed E-state index contributed by atoms with van der Waals surface area (Å²) in [6.45, 7) is 2.13. The number of quaternary nitrogens is 1. The highest BCUT2D eigenvalue weighted by Gasteiger charge is 2.25. The van der Waals surface area contributed by atoms with E-state index in [0.717, 1.165) is 64.2 Å². The van der Waals surface area contributed by atoms with Crippen molar-refractivity contribution in [2.24, 2.45) is 0 Å². The first-order valence-corrected chi connectivity index (χ1v) is 22.4. The highest BCUT2D eigenvalue weighted by Crippen LogP contribution is 2.38. The molecule has 55 heavy (non-hydrogen) atoms. The van der Waals surface area contributed by atoms with Crippen molar-refractivity contribution >= 4 is 31.4 Å². The van der Waals surface area contributed by atoms with Crippen LogP contribution >= 0.6 is 7.82 Å². The second kappa shape index (κ2) is 31.4. The molecule has 0 saturated carbocycles. The topological polar surface area (TPSA) is 174 Å². The quantitative estimate of drug-likeness (QED) is 0.0114. The third kappa shape index (κ3) is 29.3. The van der Waals surface area contributed by atoms with Crippen LogP contribution in [0.4, 0.5) is 0 Å². The van der Waals surface area contributed by atoms with Crippen LogP contribution in [0.5, 0.6) is 0 Å². The lowest BCUT2D eigenvalue weighted by Crippen LogP contribution is -2.37. The molecule has 316 valence electrons. The Bertz CT molecular complexity index is 1240.